The molecule has 4 nitrogen and oxygen atoms in total. The molecule has 4 heteroatoms. The van der Waals surface area contributed by atoms with Gasteiger partial charge in [0.15, 0.2) is 0 Å². The van der Waals surface area contributed by atoms with Gasteiger partial charge in [-0.1, -0.05) is 36.4 Å². The number of nitriles is 1. The highest BCUT2D eigenvalue weighted by molar-refractivity contribution is 6.01. The van der Waals surface area contributed by atoms with Gasteiger partial charge in [-0.3, -0.25) is 4.79 Å². The lowest BCUT2D eigenvalue weighted by Crippen LogP contribution is -2.47. The number of benzene rings is 2. The Bertz CT molecular complexity index is 773. The Hall–Kier alpha value is -2.64. The number of nitrogens with zero attached hydrogens (tertiary/aromatic N) is 1. The maximum atomic E-state index is 12.5. The fourth-order valence-corrected chi connectivity index (χ4v) is 2.83. The predicted molar refractivity (Wildman–Crippen MR) is 87.7 cm³/mol. The van der Waals surface area contributed by atoms with Gasteiger partial charge in [0.2, 0.25) is 0 Å². The van der Waals surface area contributed by atoms with Crippen LogP contribution in [0, 0.1) is 11.3 Å². The van der Waals surface area contributed by atoms with E-state index in [1.165, 1.54) is 0 Å². The van der Waals surface area contributed by atoms with E-state index in [0.717, 1.165) is 30.4 Å². The van der Waals surface area contributed by atoms with E-state index in [4.69, 9.17) is 0 Å². The lowest BCUT2D eigenvalue weighted by Gasteiger charge is -2.36. The minimum atomic E-state index is -0.755. The number of nitrogens with one attached hydrogen (secondary N) is 1. The molecule has 0 spiro atoms. The van der Waals surface area contributed by atoms with Crippen molar-refractivity contribution in [2.75, 3.05) is 6.54 Å². The molecule has 0 aliphatic heterocycles. The van der Waals surface area contributed by atoms with E-state index >= 15 is 0 Å². The number of aliphatic hydroxyl groups is 1. The molecule has 116 valence electrons. The zero-order valence-electron chi connectivity index (χ0n) is 12.7. The molecule has 23 heavy (non-hydrogen) atoms. The van der Waals surface area contributed by atoms with Crippen LogP contribution in [0.2, 0.25) is 0 Å². The predicted octanol–water partition coefficient (Wildman–Crippen LogP) is 2.87. The third kappa shape index (κ3) is 3.10. The molecule has 1 amide bonds. The lowest BCUT2D eigenvalue weighted by molar-refractivity contribution is -0.0300. The minimum absolute atomic E-state index is 0.228. The molecular formula is C19H18N2O2. The average Bonchev–Trinajstić information content (AvgIpc) is 2.58. The summed E-state index contributed by atoms with van der Waals surface area (Å²) >= 11 is 0. The van der Waals surface area contributed by atoms with E-state index in [0.29, 0.717) is 11.1 Å². The van der Waals surface area contributed by atoms with Gasteiger partial charge in [-0.25, -0.2) is 0 Å². The molecule has 3 rings (SSSR count). The van der Waals surface area contributed by atoms with E-state index in [-0.39, 0.29) is 12.5 Å². The zero-order chi connectivity index (χ0) is 16.3. The lowest BCUT2D eigenvalue weighted by atomic mass is 9.80. The van der Waals surface area contributed by atoms with Crippen molar-refractivity contribution in [3.05, 3.63) is 59.7 Å². The highest BCUT2D eigenvalue weighted by Gasteiger charge is 2.34. The quantitative estimate of drug-likeness (QED) is 0.912. The molecule has 0 radical (unpaired) electrons. The van der Waals surface area contributed by atoms with Gasteiger partial charge in [-0.05, 0) is 37.0 Å². The van der Waals surface area contributed by atoms with Gasteiger partial charge in [0.1, 0.15) is 0 Å². The average molecular weight is 306 g/mol. The summed E-state index contributed by atoms with van der Waals surface area (Å²) in [6.45, 7) is 0.264. The largest absolute Gasteiger partial charge is 0.388 e. The van der Waals surface area contributed by atoms with Gasteiger partial charge in [0.25, 0.3) is 5.91 Å². The fraction of sp³-hybridized carbons (Fsp3) is 0.263. The Kier molecular flexibility index (Phi) is 4.14. The fourth-order valence-electron chi connectivity index (χ4n) is 2.83. The highest BCUT2D eigenvalue weighted by atomic mass is 16.3. The third-order valence-electron chi connectivity index (χ3n) is 4.37. The molecule has 2 aromatic rings. The molecule has 1 aliphatic carbocycles. The van der Waals surface area contributed by atoms with Crippen LogP contribution in [0.5, 0.6) is 0 Å². The molecule has 1 saturated carbocycles. The summed E-state index contributed by atoms with van der Waals surface area (Å²) in [5, 5.41) is 22.2. The summed E-state index contributed by atoms with van der Waals surface area (Å²) in [6, 6.07) is 16.6. The molecule has 1 aliphatic rings. The highest BCUT2D eigenvalue weighted by Crippen LogP contribution is 2.31. The number of hydrogen-bond donors (Lipinski definition) is 2. The smallest absolute Gasteiger partial charge is 0.252 e. The summed E-state index contributed by atoms with van der Waals surface area (Å²) in [4.78, 5) is 12.5. The van der Waals surface area contributed by atoms with E-state index in [1.54, 1.807) is 24.3 Å². The Morgan fingerprint density at radius 1 is 1.13 bits per heavy atom. The number of carbonyl (C=O) groups is 1. The molecular weight excluding hydrogens is 288 g/mol. The summed E-state index contributed by atoms with van der Waals surface area (Å²) in [5.41, 5.74) is 1.75. The van der Waals surface area contributed by atoms with Crippen LogP contribution in [0.1, 0.15) is 35.2 Å². The van der Waals surface area contributed by atoms with Gasteiger partial charge in [-0.2, -0.15) is 5.26 Å². The normalized spacial score (nSPS) is 15.3. The van der Waals surface area contributed by atoms with Crippen LogP contribution in [0.15, 0.2) is 48.5 Å². The zero-order valence-corrected chi connectivity index (χ0v) is 12.7. The van der Waals surface area contributed by atoms with Crippen molar-refractivity contribution in [3.63, 3.8) is 0 Å². The maximum Gasteiger partial charge on any atom is 0.252 e. The van der Waals surface area contributed by atoms with Crippen molar-refractivity contribution in [1.82, 2.24) is 5.32 Å². The van der Waals surface area contributed by atoms with Crippen molar-refractivity contribution >= 4 is 5.91 Å². The van der Waals surface area contributed by atoms with Crippen molar-refractivity contribution in [2.24, 2.45) is 0 Å². The Morgan fingerprint density at radius 3 is 2.43 bits per heavy atom. The topological polar surface area (TPSA) is 73.1 Å². The Balaban J connectivity index is 1.89. The maximum absolute atomic E-state index is 12.5. The van der Waals surface area contributed by atoms with Crippen LogP contribution in [-0.4, -0.2) is 23.2 Å². The third-order valence-corrected chi connectivity index (χ3v) is 4.37. The Labute approximate surface area is 135 Å². The second kappa shape index (κ2) is 6.23. The standard InChI is InChI=1S/C19H18N2O2/c20-12-14-6-1-2-7-15(14)16-8-3-4-9-17(16)18(22)21-13-19(23)10-5-11-19/h1-4,6-9,23H,5,10-11,13H2,(H,21,22). The van der Waals surface area contributed by atoms with Gasteiger partial charge >= 0.3 is 0 Å². The van der Waals surface area contributed by atoms with Crippen LogP contribution in [0.4, 0.5) is 0 Å². The second-order valence-electron chi connectivity index (χ2n) is 5.96. The van der Waals surface area contributed by atoms with E-state index in [1.807, 2.05) is 24.3 Å². The first-order chi connectivity index (χ1) is 11.1. The molecule has 0 atom stereocenters. The van der Waals surface area contributed by atoms with Crippen molar-refractivity contribution in [3.8, 4) is 17.2 Å². The number of carbonyl (C=O) groups excluding carboxylic acids is 1. The van der Waals surface area contributed by atoms with Crippen LogP contribution in [-0.2, 0) is 0 Å². The van der Waals surface area contributed by atoms with Crippen LogP contribution in [0.25, 0.3) is 11.1 Å². The summed E-state index contributed by atoms with van der Waals surface area (Å²) in [7, 11) is 0. The van der Waals surface area contributed by atoms with Crippen molar-refractivity contribution in [1.29, 1.82) is 5.26 Å². The van der Waals surface area contributed by atoms with Gasteiger partial charge in [-0.15, -0.1) is 0 Å². The molecule has 2 aromatic carbocycles. The molecule has 0 saturated heterocycles. The number of amides is 1. The van der Waals surface area contributed by atoms with Gasteiger partial charge < -0.3 is 10.4 Å². The molecule has 0 unspecified atom stereocenters. The van der Waals surface area contributed by atoms with Crippen molar-refractivity contribution in [2.45, 2.75) is 24.9 Å². The molecule has 0 heterocycles. The summed E-state index contributed by atoms with van der Waals surface area (Å²) in [6.07, 6.45) is 2.46. The van der Waals surface area contributed by atoms with Crippen LogP contribution in [0.3, 0.4) is 0 Å². The number of rotatable bonds is 4. The summed E-state index contributed by atoms with van der Waals surface area (Å²) in [5.74, 6) is -0.228. The second-order valence-corrected chi connectivity index (χ2v) is 5.96. The SMILES string of the molecule is N#Cc1ccccc1-c1ccccc1C(=O)NCC1(O)CCC1. The summed E-state index contributed by atoms with van der Waals surface area (Å²) < 4.78 is 0. The van der Waals surface area contributed by atoms with E-state index < -0.39 is 5.60 Å². The van der Waals surface area contributed by atoms with Gasteiger partial charge in [0, 0.05) is 17.7 Å². The minimum Gasteiger partial charge on any atom is -0.388 e. The molecule has 0 bridgehead atoms. The Morgan fingerprint density at radius 2 is 1.78 bits per heavy atom. The van der Waals surface area contributed by atoms with Crippen LogP contribution >= 0.6 is 0 Å². The molecule has 0 aromatic heterocycles. The van der Waals surface area contributed by atoms with E-state index in [2.05, 4.69) is 11.4 Å². The van der Waals surface area contributed by atoms with Gasteiger partial charge in [0.05, 0.1) is 17.2 Å². The first-order valence-electron chi connectivity index (χ1n) is 7.72. The first-order valence-corrected chi connectivity index (χ1v) is 7.72. The number of hydrogen-bond acceptors (Lipinski definition) is 3. The van der Waals surface area contributed by atoms with Crippen LogP contribution < -0.4 is 5.32 Å². The van der Waals surface area contributed by atoms with Crippen molar-refractivity contribution < 1.29 is 9.90 Å². The monoisotopic (exact) mass is 306 g/mol. The molecule has 2 N–H and O–H groups in total. The van der Waals surface area contributed by atoms with E-state index in [9.17, 15) is 15.2 Å². The first kappa shape index (κ1) is 15.3. The molecule has 1 fully saturated rings.